The van der Waals surface area contributed by atoms with Crippen molar-refractivity contribution in [2.75, 3.05) is 6.61 Å². The Hall–Kier alpha value is -1.47. The number of hydrogen-bond acceptors (Lipinski definition) is 6. The molecule has 0 amide bonds. The number of esters is 1. The smallest absolute Gasteiger partial charge is 0.340 e. The van der Waals surface area contributed by atoms with E-state index in [4.69, 9.17) is 14.6 Å². The predicted octanol–water partition coefficient (Wildman–Crippen LogP) is -0.718. The molecule has 1 saturated heterocycles. The van der Waals surface area contributed by atoms with Gasteiger partial charge in [0, 0.05) is 0 Å². The number of carbonyl (C=O) groups is 1. The zero-order chi connectivity index (χ0) is 13.1. The van der Waals surface area contributed by atoms with E-state index in [0.29, 0.717) is 5.56 Å². The lowest BCUT2D eigenvalue weighted by Crippen LogP contribution is -2.35. The van der Waals surface area contributed by atoms with Gasteiger partial charge in [0.1, 0.15) is 18.3 Å². The Bertz CT molecular complexity index is 406. The monoisotopic (exact) mass is 254 g/mol. The summed E-state index contributed by atoms with van der Waals surface area (Å²) in [6.07, 6.45) is -4.86. The fourth-order valence-electron chi connectivity index (χ4n) is 1.71. The van der Waals surface area contributed by atoms with Crippen molar-refractivity contribution in [1.29, 1.82) is 0 Å². The van der Waals surface area contributed by atoms with Crippen LogP contribution >= 0.6 is 0 Å². The van der Waals surface area contributed by atoms with Gasteiger partial charge < -0.3 is 24.8 Å². The molecule has 1 aliphatic heterocycles. The van der Waals surface area contributed by atoms with E-state index in [1.165, 1.54) is 0 Å². The third kappa shape index (κ3) is 2.51. The van der Waals surface area contributed by atoms with Gasteiger partial charge in [-0.15, -0.1) is 0 Å². The van der Waals surface area contributed by atoms with Gasteiger partial charge in [-0.1, -0.05) is 18.2 Å². The van der Waals surface area contributed by atoms with Gasteiger partial charge in [0.15, 0.2) is 0 Å². The predicted molar refractivity (Wildman–Crippen MR) is 59.6 cm³/mol. The third-order valence-electron chi connectivity index (χ3n) is 2.73. The maximum Gasteiger partial charge on any atom is 0.340 e. The second-order valence-corrected chi connectivity index (χ2v) is 3.98. The molecule has 0 spiro atoms. The number of carbonyl (C=O) groups excluding carboxylic acids is 1. The lowest BCUT2D eigenvalue weighted by molar-refractivity contribution is -0.139. The van der Waals surface area contributed by atoms with Crippen molar-refractivity contribution < 1.29 is 29.6 Å². The third-order valence-corrected chi connectivity index (χ3v) is 2.73. The summed E-state index contributed by atoms with van der Waals surface area (Å²) in [6.45, 7) is -0.461. The van der Waals surface area contributed by atoms with Gasteiger partial charge in [0.25, 0.3) is 0 Å². The molecule has 1 aromatic rings. The zero-order valence-electron chi connectivity index (χ0n) is 9.47. The molecule has 0 bridgehead atoms. The van der Waals surface area contributed by atoms with Gasteiger partial charge >= 0.3 is 5.97 Å². The van der Waals surface area contributed by atoms with E-state index in [1.54, 1.807) is 30.3 Å². The largest absolute Gasteiger partial charge is 0.429 e. The first kappa shape index (κ1) is 13.0. The highest BCUT2D eigenvalue weighted by Gasteiger charge is 2.44. The van der Waals surface area contributed by atoms with E-state index in [9.17, 15) is 15.0 Å². The van der Waals surface area contributed by atoms with Crippen molar-refractivity contribution >= 4 is 5.97 Å². The number of benzene rings is 1. The summed E-state index contributed by atoms with van der Waals surface area (Å²) in [5, 5.41) is 28.0. The number of aliphatic hydroxyl groups is 3. The van der Waals surface area contributed by atoms with Crippen LogP contribution in [0.15, 0.2) is 30.3 Å². The molecule has 6 heteroatoms. The van der Waals surface area contributed by atoms with E-state index in [1.807, 2.05) is 0 Å². The molecular weight excluding hydrogens is 240 g/mol. The standard InChI is InChI=1S/C12H14O6/c13-6-8-9(14)10(15)12(17-8)18-11(16)7-4-2-1-3-5-7/h1-5,8-10,12-15H,6H2/t8-,9+,10+,12+/m1/s1. The molecule has 4 atom stereocenters. The van der Waals surface area contributed by atoms with Crippen LogP contribution in [0.3, 0.4) is 0 Å². The molecule has 18 heavy (non-hydrogen) atoms. The summed E-state index contributed by atoms with van der Waals surface area (Å²) in [7, 11) is 0. The average molecular weight is 254 g/mol. The van der Waals surface area contributed by atoms with E-state index >= 15 is 0 Å². The maximum absolute atomic E-state index is 11.7. The van der Waals surface area contributed by atoms with Crippen molar-refractivity contribution in [2.45, 2.75) is 24.6 Å². The van der Waals surface area contributed by atoms with Crippen LogP contribution in [-0.2, 0) is 9.47 Å². The SMILES string of the molecule is O=C(O[C@@H]1O[C@H](CO)[C@H](O)[C@@H]1O)c1ccccc1. The van der Waals surface area contributed by atoms with Gasteiger partial charge in [-0.3, -0.25) is 0 Å². The normalized spacial score (nSPS) is 31.3. The molecule has 1 aliphatic rings. The molecule has 1 aromatic carbocycles. The van der Waals surface area contributed by atoms with Crippen LogP contribution < -0.4 is 0 Å². The minimum absolute atomic E-state index is 0.315. The molecule has 98 valence electrons. The van der Waals surface area contributed by atoms with Crippen molar-refractivity contribution in [2.24, 2.45) is 0 Å². The highest BCUT2D eigenvalue weighted by atomic mass is 16.7. The average Bonchev–Trinajstić information content (AvgIpc) is 2.67. The van der Waals surface area contributed by atoms with Gasteiger partial charge in [0.05, 0.1) is 12.2 Å². The summed E-state index contributed by atoms with van der Waals surface area (Å²) in [4.78, 5) is 11.7. The summed E-state index contributed by atoms with van der Waals surface area (Å²) < 4.78 is 9.96. The minimum atomic E-state index is -1.37. The van der Waals surface area contributed by atoms with Gasteiger partial charge in [0.2, 0.25) is 6.29 Å². The van der Waals surface area contributed by atoms with Crippen molar-refractivity contribution in [3.8, 4) is 0 Å². The quantitative estimate of drug-likeness (QED) is 0.616. The summed E-state index contributed by atoms with van der Waals surface area (Å²) in [6, 6.07) is 8.22. The molecule has 1 fully saturated rings. The number of rotatable bonds is 3. The summed E-state index contributed by atoms with van der Waals surface area (Å²) in [5.41, 5.74) is 0.315. The zero-order valence-corrected chi connectivity index (χ0v) is 9.47. The van der Waals surface area contributed by atoms with Crippen LogP contribution in [-0.4, -0.2) is 52.5 Å². The number of aliphatic hydroxyl groups excluding tert-OH is 3. The fraction of sp³-hybridized carbons (Fsp3) is 0.417. The molecule has 0 saturated carbocycles. The molecule has 0 unspecified atom stereocenters. The molecule has 1 heterocycles. The highest BCUT2D eigenvalue weighted by molar-refractivity contribution is 5.89. The second kappa shape index (κ2) is 5.45. The molecular formula is C12H14O6. The lowest BCUT2D eigenvalue weighted by Gasteiger charge is -2.15. The van der Waals surface area contributed by atoms with E-state index < -0.39 is 37.2 Å². The lowest BCUT2D eigenvalue weighted by atomic mass is 10.1. The van der Waals surface area contributed by atoms with E-state index in [0.717, 1.165) is 0 Å². The second-order valence-electron chi connectivity index (χ2n) is 3.98. The van der Waals surface area contributed by atoms with Crippen molar-refractivity contribution in [3.05, 3.63) is 35.9 Å². The van der Waals surface area contributed by atoms with Crippen LogP contribution in [0.5, 0.6) is 0 Å². The van der Waals surface area contributed by atoms with Crippen LogP contribution in [0, 0.1) is 0 Å². The maximum atomic E-state index is 11.7. The first-order valence-electron chi connectivity index (χ1n) is 5.52. The molecule has 0 aliphatic carbocycles. The highest BCUT2D eigenvalue weighted by Crippen LogP contribution is 2.22. The molecule has 6 nitrogen and oxygen atoms in total. The van der Waals surface area contributed by atoms with Crippen molar-refractivity contribution in [1.82, 2.24) is 0 Å². The number of ether oxygens (including phenoxy) is 2. The van der Waals surface area contributed by atoms with Crippen LogP contribution in [0.2, 0.25) is 0 Å². The van der Waals surface area contributed by atoms with Crippen LogP contribution in [0.1, 0.15) is 10.4 Å². The van der Waals surface area contributed by atoms with Gasteiger partial charge in [-0.25, -0.2) is 4.79 Å². The Morgan fingerprint density at radius 2 is 1.89 bits per heavy atom. The summed E-state index contributed by atoms with van der Waals surface area (Å²) in [5.74, 6) is -0.662. The van der Waals surface area contributed by atoms with E-state index in [-0.39, 0.29) is 0 Å². The molecule has 3 N–H and O–H groups in total. The first-order chi connectivity index (χ1) is 8.63. The minimum Gasteiger partial charge on any atom is -0.429 e. The van der Waals surface area contributed by atoms with Crippen LogP contribution in [0.25, 0.3) is 0 Å². The molecule has 0 aromatic heterocycles. The Labute approximate surface area is 103 Å². The fourth-order valence-corrected chi connectivity index (χ4v) is 1.71. The Kier molecular flexibility index (Phi) is 3.93. The van der Waals surface area contributed by atoms with E-state index in [2.05, 4.69) is 0 Å². The Balaban J connectivity index is 2.00. The molecule has 2 rings (SSSR count). The Morgan fingerprint density at radius 3 is 2.44 bits per heavy atom. The van der Waals surface area contributed by atoms with Crippen molar-refractivity contribution in [3.63, 3.8) is 0 Å². The Morgan fingerprint density at radius 1 is 1.22 bits per heavy atom. The summed E-state index contributed by atoms with van der Waals surface area (Å²) >= 11 is 0. The first-order valence-corrected chi connectivity index (χ1v) is 5.52. The van der Waals surface area contributed by atoms with Gasteiger partial charge in [-0.05, 0) is 12.1 Å². The topological polar surface area (TPSA) is 96.2 Å². The van der Waals surface area contributed by atoms with Crippen LogP contribution in [0.4, 0.5) is 0 Å². The number of hydrogen-bond donors (Lipinski definition) is 3. The molecule has 0 radical (unpaired) electrons. The van der Waals surface area contributed by atoms with Gasteiger partial charge in [-0.2, -0.15) is 0 Å².